The maximum absolute atomic E-state index is 12.5. The van der Waals surface area contributed by atoms with Gasteiger partial charge in [-0.2, -0.15) is 4.31 Å². The number of β-amino-alcohol motifs (C(OH)–C–C–N with tert-alkyl or cyclic N) is 1. The van der Waals surface area contributed by atoms with Gasteiger partial charge in [-0.15, -0.1) is 0 Å². The number of rotatable bonds is 3. The van der Waals surface area contributed by atoms with Crippen molar-refractivity contribution >= 4 is 31.9 Å². The van der Waals surface area contributed by atoms with Gasteiger partial charge in [-0.05, 0) is 22.0 Å². The molecule has 1 aliphatic heterocycles. The number of pyridine rings is 1. The van der Waals surface area contributed by atoms with Crippen LogP contribution in [0.1, 0.15) is 6.42 Å². The molecule has 1 fully saturated rings. The second-order valence-electron chi connectivity index (χ2n) is 4.34. The minimum Gasteiger partial charge on any atom is -0.468 e. The number of aliphatic hydroxyl groups excluding tert-OH is 1. The van der Waals surface area contributed by atoms with E-state index in [1.807, 2.05) is 0 Å². The van der Waals surface area contributed by atoms with Crippen molar-refractivity contribution in [1.29, 1.82) is 0 Å². The van der Waals surface area contributed by atoms with Crippen LogP contribution in [0.3, 0.4) is 0 Å². The molecule has 7 nitrogen and oxygen atoms in total. The minimum atomic E-state index is -3.92. The van der Waals surface area contributed by atoms with Crippen molar-refractivity contribution in [2.75, 3.05) is 13.7 Å². The molecule has 0 amide bonds. The van der Waals surface area contributed by atoms with Crippen LogP contribution < -0.4 is 0 Å². The van der Waals surface area contributed by atoms with Crippen LogP contribution in [0.5, 0.6) is 0 Å². The Bertz CT molecular complexity index is 621. The van der Waals surface area contributed by atoms with E-state index in [1.165, 1.54) is 25.6 Å². The Morgan fingerprint density at radius 3 is 2.85 bits per heavy atom. The number of halogens is 1. The molecule has 1 saturated heterocycles. The summed E-state index contributed by atoms with van der Waals surface area (Å²) in [7, 11) is -2.74. The van der Waals surface area contributed by atoms with Gasteiger partial charge in [0.1, 0.15) is 10.9 Å². The molecule has 110 valence electrons. The summed E-state index contributed by atoms with van der Waals surface area (Å²) in [6.07, 6.45) is 1.77. The van der Waals surface area contributed by atoms with Crippen LogP contribution in [0.4, 0.5) is 0 Å². The summed E-state index contributed by atoms with van der Waals surface area (Å²) in [5, 5.41) is 9.64. The topological polar surface area (TPSA) is 96.8 Å². The van der Waals surface area contributed by atoms with Crippen molar-refractivity contribution in [3.05, 3.63) is 22.9 Å². The van der Waals surface area contributed by atoms with Gasteiger partial charge in [-0.1, -0.05) is 0 Å². The van der Waals surface area contributed by atoms with Crippen molar-refractivity contribution in [1.82, 2.24) is 9.29 Å². The largest absolute Gasteiger partial charge is 0.468 e. The van der Waals surface area contributed by atoms with Gasteiger partial charge < -0.3 is 9.84 Å². The van der Waals surface area contributed by atoms with Gasteiger partial charge in [0.2, 0.25) is 10.0 Å². The first kappa shape index (κ1) is 15.4. The number of aromatic nitrogens is 1. The lowest BCUT2D eigenvalue weighted by molar-refractivity contribution is -0.144. The molecule has 0 aliphatic carbocycles. The molecular weight excluding hydrogens is 352 g/mol. The molecule has 0 radical (unpaired) electrons. The zero-order valence-corrected chi connectivity index (χ0v) is 13.0. The van der Waals surface area contributed by atoms with Crippen LogP contribution in [-0.4, -0.2) is 54.6 Å². The molecule has 9 heteroatoms. The Kier molecular flexibility index (Phi) is 4.43. The third-order valence-electron chi connectivity index (χ3n) is 2.99. The summed E-state index contributed by atoms with van der Waals surface area (Å²) in [4.78, 5) is 15.4. The number of hydrogen-bond acceptors (Lipinski definition) is 6. The Hall–Kier alpha value is -1.03. The lowest BCUT2D eigenvalue weighted by Gasteiger charge is -2.21. The highest BCUT2D eigenvalue weighted by Gasteiger charge is 2.44. The Morgan fingerprint density at radius 1 is 1.55 bits per heavy atom. The summed E-state index contributed by atoms with van der Waals surface area (Å²) in [6, 6.07) is 0.375. The standard InChI is InChI=1S/C11H13BrN2O5S/c1-19-11(16)10-3-8(15)6-14(10)20(17,18)9-2-7(12)4-13-5-9/h2,4-5,8,10,15H,3,6H2,1H3. The van der Waals surface area contributed by atoms with Gasteiger partial charge in [0.05, 0.1) is 13.2 Å². The highest BCUT2D eigenvalue weighted by molar-refractivity contribution is 9.10. The van der Waals surface area contributed by atoms with Crippen molar-refractivity contribution in [3.63, 3.8) is 0 Å². The number of ether oxygens (including phenoxy) is 1. The molecule has 1 aromatic heterocycles. The number of esters is 1. The van der Waals surface area contributed by atoms with E-state index in [2.05, 4.69) is 25.7 Å². The van der Waals surface area contributed by atoms with Crippen molar-refractivity contribution in [3.8, 4) is 0 Å². The molecule has 0 saturated carbocycles. The van der Waals surface area contributed by atoms with Crippen LogP contribution in [0, 0.1) is 0 Å². The number of hydrogen-bond donors (Lipinski definition) is 1. The number of aliphatic hydroxyl groups is 1. The van der Waals surface area contributed by atoms with Gasteiger partial charge in [0.15, 0.2) is 0 Å². The fourth-order valence-corrected chi connectivity index (χ4v) is 4.20. The van der Waals surface area contributed by atoms with E-state index in [-0.39, 0.29) is 17.9 Å². The number of sulfonamides is 1. The Balaban J connectivity index is 2.40. The van der Waals surface area contributed by atoms with E-state index >= 15 is 0 Å². The van der Waals surface area contributed by atoms with Crippen LogP contribution >= 0.6 is 15.9 Å². The first-order valence-corrected chi connectivity index (χ1v) is 7.98. The molecule has 1 aromatic rings. The first-order chi connectivity index (χ1) is 9.36. The second kappa shape index (κ2) is 5.76. The van der Waals surface area contributed by atoms with Crippen molar-refractivity contribution in [2.24, 2.45) is 0 Å². The van der Waals surface area contributed by atoms with E-state index in [0.29, 0.717) is 4.47 Å². The zero-order valence-electron chi connectivity index (χ0n) is 10.6. The molecule has 2 heterocycles. The number of nitrogens with zero attached hydrogens (tertiary/aromatic N) is 2. The quantitative estimate of drug-likeness (QED) is 0.766. The molecule has 1 N–H and O–H groups in total. The molecule has 2 unspecified atom stereocenters. The fraction of sp³-hybridized carbons (Fsp3) is 0.455. The molecule has 20 heavy (non-hydrogen) atoms. The van der Waals surface area contributed by atoms with Gasteiger partial charge in [-0.25, -0.2) is 8.42 Å². The average Bonchev–Trinajstić information content (AvgIpc) is 2.80. The predicted octanol–water partition coefficient (Wildman–Crippen LogP) is 0.141. The highest BCUT2D eigenvalue weighted by Crippen LogP contribution is 2.27. The summed E-state index contributed by atoms with van der Waals surface area (Å²) in [6.45, 7) is -0.144. The van der Waals surface area contributed by atoms with E-state index in [4.69, 9.17) is 0 Å². The van der Waals surface area contributed by atoms with Crippen molar-refractivity contribution < 1.29 is 23.1 Å². The maximum atomic E-state index is 12.5. The smallest absolute Gasteiger partial charge is 0.324 e. The van der Waals surface area contributed by atoms with E-state index < -0.39 is 28.1 Å². The monoisotopic (exact) mass is 364 g/mol. The molecular formula is C11H13BrN2O5S. The fourth-order valence-electron chi connectivity index (χ4n) is 2.07. The maximum Gasteiger partial charge on any atom is 0.324 e. The lowest BCUT2D eigenvalue weighted by Crippen LogP contribution is -2.41. The van der Waals surface area contributed by atoms with E-state index in [1.54, 1.807) is 0 Å². The molecule has 1 aliphatic rings. The summed E-state index contributed by atoms with van der Waals surface area (Å²) in [5.74, 6) is -0.687. The van der Waals surface area contributed by atoms with Gasteiger partial charge in [-0.3, -0.25) is 9.78 Å². The number of carbonyl (C=O) groups is 1. The molecule has 0 spiro atoms. The number of carbonyl (C=O) groups excluding carboxylic acids is 1. The van der Waals surface area contributed by atoms with Crippen LogP contribution in [0.25, 0.3) is 0 Å². The van der Waals surface area contributed by atoms with Gasteiger partial charge >= 0.3 is 5.97 Å². The highest BCUT2D eigenvalue weighted by atomic mass is 79.9. The first-order valence-electron chi connectivity index (χ1n) is 5.74. The van der Waals surface area contributed by atoms with Crippen LogP contribution in [0.2, 0.25) is 0 Å². The van der Waals surface area contributed by atoms with Crippen LogP contribution in [-0.2, 0) is 19.6 Å². The Labute approximate surface area is 124 Å². The molecule has 0 aromatic carbocycles. The van der Waals surface area contributed by atoms with E-state index in [9.17, 15) is 18.3 Å². The normalized spacial score (nSPS) is 23.8. The molecule has 2 atom stereocenters. The third kappa shape index (κ3) is 2.85. The van der Waals surface area contributed by atoms with Gasteiger partial charge in [0.25, 0.3) is 0 Å². The minimum absolute atomic E-state index is 0.0212. The zero-order chi connectivity index (χ0) is 14.9. The SMILES string of the molecule is COC(=O)C1CC(O)CN1S(=O)(=O)c1cncc(Br)c1. The Morgan fingerprint density at radius 2 is 2.25 bits per heavy atom. The van der Waals surface area contributed by atoms with Crippen LogP contribution in [0.15, 0.2) is 27.8 Å². The molecule has 2 rings (SSSR count). The van der Waals surface area contributed by atoms with Crippen molar-refractivity contribution in [2.45, 2.75) is 23.5 Å². The third-order valence-corrected chi connectivity index (χ3v) is 5.27. The summed E-state index contributed by atoms with van der Waals surface area (Å²) in [5.41, 5.74) is 0. The van der Waals surface area contributed by atoms with E-state index in [0.717, 1.165) is 4.31 Å². The predicted molar refractivity (Wildman–Crippen MR) is 72.3 cm³/mol. The summed E-state index contributed by atoms with van der Waals surface area (Å²) >= 11 is 3.15. The lowest BCUT2D eigenvalue weighted by atomic mass is 10.2. The average molecular weight is 365 g/mol. The summed E-state index contributed by atoms with van der Waals surface area (Å²) < 4.78 is 31.1. The molecule has 0 bridgehead atoms. The number of methoxy groups -OCH3 is 1. The second-order valence-corrected chi connectivity index (χ2v) is 7.15. The van der Waals surface area contributed by atoms with Gasteiger partial charge in [0, 0.05) is 29.8 Å².